The topological polar surface area (TPSA) is 54.7 Å². The van der Waals surface area contributed by atoms with Gasteiger partial charge in [-0.2, -0.15) is 0 Å². The largest absolute Gasteiger partial charge is 0.369 e. The Bertz CT molecular complexity index is 464. The van der Waals surface area contributed by atoms with Gasteiger partial charge in [0, 0.05) is 10.5 Å². The molecule has 0 fully saturated rings. The number of aromatic nitrogens is 2. The molecule has 3 N–H and O–H groups in total. The number of thioether (sulfide) groups is 1. The Morgan fingerprint density at radius 3 is 2.47 bits per heavy atom. The summed E-state index contributed by atoms with van der Waals surface area (Å²) in [5, 5.41) is 0.476. The molecule has 1 aromatic heterocycles. The molecule has 0 aliphatic heterocycles. The quantitative estimate of drug-likeness (QED) is 0.792. The van der Waals surface area contributed by atoms with Crippen LogP contribution < -0.4 is 5.73 Å². The lowest BCUT2D eigenvalue weighted by Crippen LogP contribution is -1.85. The third-order valence-electron chi connectivity index (χ3n) is 2.04. The summed E-state index contributed by atoms with van der Waals surface area (Å²) in [7, 11) is 0. The van der Waals surface area contributed by atoms with E-state index in [9.17, 15) is 0 Å². The van der Waals surface area contributed by atoms with E-state index in [0.29, 0.717) is 16.8 Å². The van der Waals surface area contributed by atoms with Crippen molar-refractivity contribution in [2.75, 3.05) is 12.0 Å². The summed E-state index contributed by atoms with van der Waals surface area (Å²) in [6.45, 7) is 0. The summed E-state index contributed by atoms with van der Waals surface area (Å²) in [6, 6.07) is 8.02. The van der Waals surface area contributed by atoms with Gasteiger partial charge in [-0.15, -0.1) is 11.8 Å². The first-order valence-corrected chi connectivity index (χ1v) is 5.96. The maximum atomic E-state index is 5.95. The fourth-order valence-electron chi connectivity index (χ4n) is 1.31. The minimum absolute atomic E-state index is 0.337. The summed E-state index contributed by atoms with van der Waals surface area (Å²) >= 11 is 7.65. The number of H-pyrrole nitrogens is 1. The Labute approximate surface area is 97.0 Å². The zero-order valence-electron chi connectivity index (χ0n) is 8.12. The van der Waals surface area contributed by atoms with Crippen molar-refractivity contribution in [1.82, 2.24) is 9.97 Å². The van der Waals surface area contributed by atoms with Crippen molar-refractivity contribution >= 4 is 29.3 Å². The first kappa shape index (κ1) is 10.4. The lowest BCUT2D eigenvalue weighted by atomic mass is 10.2. The second-order valence-electron chi connectivity index (χ2n) is 3.01. The molecule has 1 heterocycles. The predicted octanol–water partition coefficient (Wildman–Crippen LogP) is 3.03. The van der Waals surface area contributed by atoms with Crippen LogP contribution >= 0.6 is 23.4 Å². The fraction of sp³-hybridized carbons (Fsp3) is 0.100. The first-order valence-electron chi connectivity index (χ1n) is 4.36. The number of halogens is 1. The van der Waals surface area contributed by atoms with Crippen LogP contribution in [0.3, 0.4) is 0 Å². The van der Waals surface area contributed by atoms with Gasteiger partial charge in [-0.25, -0.2) is 4.98 Å². The summed E-state index contributed by atoms with van der Waals surface area (Å²) in [5.74, 6) is 0.337. The van der Waals surface area contributed by atoms with Crippen LogP contribution in [0.25, 0.3) is 11.3 Å². The van der Waals surface area contributed by atoms with Crippen LogP contribution in [0.1, 0.15) is 0 Å². The average molecular weight is 240 g/mol. The monoisotopic (exact) mass is 239 g/mol. The van der Waals surface area contributed by atoms with Crippen molar-refractivity contribution in [3.63, 3.8) is 0 Å². The average Bonchev–Trinajstić information content (AvgIpc) is 2.58. The van der Waals surface area contributed by atoms with Crippen molar-refractivity contribution in [2.24, 2.45) is 0 Å². The third-order valence-corrected chi connectivity index (χ3v) is 3.06. The van der Waals surface area contributed by atoms with Gasteiger partial charge in [0.25, 0.3) is 0 Å². The van der Waals surface area contributed by atoms with Crippen molar-refractivity contribution in [3.8, 4) is 11.3 Å². The number of benzene rings is 1. The van der Waals surface area contributed by atoms with Crippen LogP contribution in [0, 0.1) is 0 Å². The molecule has 0 atom stereocenters. The minimum Gasteiger partial charge on any atom is -0.369 e. The number of nitrogens with zero attached hydrogens (tertiary/aromatic N) is 1. The summed E-state index contributed by atoms with van der Waals surface area (Å²) in [5.41, 5.74) is 7.18. The molecule has 15 heavy (non-hydrogen) atoms. The maximum Gasteiger partial charge on any atom is 0.199 e. The molecule has 0 aliphatic carbocycles. The zero-order chi connectivity index (χ0) is 10.8. The Balaban J connectivity index is 2.41. The highest BCUT2D eigenvalue weighted by atomic mass is 35.5. The van der Waals surface area contributed by atoms with Gasteiger partial charge in [0.05, 0.1) is 0 Å². The van der Waals surface area contributed by atoms with E-state index >= 15 is 0 Å². The van der Waals surface area contributed by atoms with Gasteiger partial charge < -0.3 is 10.7 Å². The molecule has 2 aromatic rings. The van der Waals surface area contributed by atoms with Gasteiger partial charge in [0.15, 0.2) is 5.95 Å². The highest BCUT2D eigenvalue weighted by Gasteiger charge is 2.08. The van der Waals surface area contributed by atoms with E-state index in [1.807, 2.05) is 30.5 Å². The second-order valence-corrected chi connectivity index (χ2v) is 4.27. The van der Waals surface area contributed by atoms with Crippen LogP contribution in [0.4, 0.5) is 5.95 Å². The first-order chi connectivity index (χ1) is 7.20. The van der Waals surface area contributed by atoms with Crippen LogP contribution in [-0.2, 0) is 0 Å². The zero-order valence-corrected chi connectivity index (χ0v) is 9.69. The highest BCUT2D eigenvalue weighted by Crippen LogP contribution is 2.27. The summed E-state index contributed by atoms with van der Waals surface area (Å²) in [6.07, 6.45) is 2.04. The molecular formula is C10H10ClN3S. The van der Waals surface area contributed by atoms with Gasteiger partial charge in [-0.05, 0) is 18.4 Å². The molecule has 0 spiro atoms. The van der Waals surface area contributed by atoms with E-state index in [0.717, 1.165) is 5.56 Å². The number of hydrogen-bond acceptors (Lipinski definition) is 3. The molecule has 0 saturated carbocycles. The molecule has 1 aromatic carbocycles. The van der Waals surface area contributed by atoms with Gasteiger partial charge in [-0.1, -0.05) is 23.7 Å². The smallest absolute Gasteiger partial charge is 0.199 e. The lowest BCUT2D eigenvalue weighted by molar-refractivity contribution is 1.32. The number of aromatic amines is 1. The molecule has 0 radical (unpaired) electrons. The Kier molecular flexibility index (Phi) is 2.88. The van der Waals surface area contributed by atoms with E-state index in [-0.39, 0.29) is 0 Å². The molecule has 78 valence electrons. The van der Waals surface area contributed by atoms with Crippen molar-refractivity contribution < 1.29 is 0 Å². The Morgan fingerprint density at radius 1 is 1.33 bits per heavy atom. The standard InChI is InChI=1S/C10H10ClN3S/c1-15-7-4-2-6(3-5-7)8-9(11)14-10(12)13-8/h2-5H,1H3,(H3,12,13,14). The molecule has 0 amide bonds. The van der Waals surface area contributed by atoms with Crippen molar-refractivity contribution in [2.45, 2.75) is 4.90 Å². The van der Waals surface area contributed by atoms with Crippen molar-refractivity contribution in [3.05, 3.63) is 29.4 Å². The third kappa shape index (κ3) is 2.11. The van der Waals surface area contributed by atoms with Gasteiger partial charge in [0.1, 0.15) is 10.8 Å². The summed E-state index contributed by atoms with van der Waals surface area (Å²) < 4.78 is 0. The molecular weight excluding hydrogens is 230 g/mol. The molecule has 3 nitrogen and oxygen atoms in total. The molecule has 0 bridgehead atoms. The fourth-order valence-corrected chi connectivity index (χ4v) is 1.97. The predicted molar refractivity (Wildman–Crippen MR) is 65.2 cm³/mol. The minimum atomic E-state index is 0.337. The van der Waals surface area contributed by atoms with Gasteiger partial charge >= 0.3 is 0 Å². The summed E-state index contributed by atoms with van der Waals surface area (Å²) in [4.78, 5) is 8.09. The Morgan fingerprint density at radius 2 is 2.00 bits per heavy atom. The number of nitrogens with two attached hydrogens (primary N) is 1. The van der Waals surface area contributed by atoms with E-state index in [1.165, 1.54) is 4.90 Å². The normalized spacial score (nSPS) is 10.5. The highest BCUT2D eigenvalue weighted by molar-refractivity contribution is 7.98. The number of nitrogens with one attached hydrogen (secondary N) is 1. The van der Waals surface area contributed by atoms with Crippen molar-refractivity contribution in [1.29, 1.82) is 0 Å². The Hall–Kier alpha value is -1.13. The maximum absolute atomic E-state index is 5.95. The number of hydrogen-bond donors (Lipinski definition) is 2. The SMILES string of the molecule is CSc1ccc(-c2nc(N)[nH]c2Cl)cc1. The number of nitrogen functional groups attached to an aromatic ring is 1. The van der Waals surface area contributed by atoms with Crippen LogP contribution in [0.2, 0.25) is 5.15 Å². The number of imidazole rings is 1. The molecule has 5 heteroatoms. The molecule has 0 saturated heterocycles. The number of rotatable bonds is 2. The molecule has 0 unspecified atom stereocenters. The molecule has 0 aliphatic rings. The van der Waals surface area contributed by atoms with Crippen LogP contribution in [0.5, 0.6) is 0 Å². The van der Waals surface area contributed by atoms with Gasteiger partial charge in [-0.3, -0.25) is 0 Å². The van der Waals surface area contributed by atoms with E-state index in [2.05, 4.69) is 9.97 Å². The van der Waals surface area contributed by atoms with Gasteiger partial charge in [0.2, 0.25) is 0 Å². The number of anilines is 1. The van der Waals surface area contributed by atoms with E-state index in [4.69, 9.17) is 17.3 Å². The second kappa shape index (κ2) is 4.16. The lowest BCUT2D eigenvalue weighted by Gasteiger charge is -1.99. The van der Waals surface area contributed by atoms with E-state index in [1.54, 1.807) is 11.8 Å². The van der Waals surface area contributed by atoms with Crippen LogP contribution in [0.15, 0.2) is 29.2 Å². The van der Waals surface area contributed by atoms with Crippen LogP contribution in [-0.4, -0.2) is 16.2 Å². The van der Waals surface area contributed by atoms with E-state index < -0.39 is 0 Å². The molecule has 2 rings (SSSR count).